The van der Waals surface area contributed by atoms with Crippen LogP contribution < -0.4 is 15.8 Å². The Labute approximate surface area is 190 Å². The normalized spacial score (nSPS) is 16.4. The first-order valence-corrected chi connectivity index (χ1v) is 11.4. The molecule has 1 heterocycles. The highest BCUT2D eigenvalue weighted by molar-refractivity contribution is 7.89. The number of nitrogen functional groups attached to an aromatic ring is 1. The Bertz CT molecular complexity index is 1170. The largest absolute Gasteiger partial charge is 0.480 e. The summed E-state index contributed by atoms with van der Waals surface area (Å²) in [6, 6.07) is 12.7. The van der Waals surface area contributed by atoms with E-state index >= 15 is 0 Å². The number of sulfonamides is 1. The number of aliphatic carboxylic acids is 1. The number of carboxylic acid groups (broad SMARTS) is 1. The van der Waals surface area contributed by atoms with E-state index in [1.54, 1.807) is 30.3 Å². The third-order valence-electron chi connectivity index (χ3n) is 4.83. The van der Waals surface area contributed by atoms with Crippen molar-refractivity contribution in [3.8, 4) is 0 Å². The van der Waals surface area contributed by atoms with Crippen LogP contribution in [0.3, 0.4) is 0 Å². The molecule has 0 aliphatic carbocycles. The number of carboxylic acids is 1. The van der Waals surface area contributed by atoms with Gasteiger partial charge in [0.05, 0.1) is 17.0 Å². The molecule has 0 unspecified atom stereocenters. The van der Waals surface area contributed by atoms with Crippen LogP contribution in [0.4, 0.5) is 0 Å². The average molecular weight is 474 g/mol. The Balaban J connectivity index is 1.51. The fourth-order valence-corrected chi connectivity index (χ4v) is 4.29. The van der Waals surface area contributed by atoms with Crippen LogP contribution in [0.15, 0.2) is 64.6 Å². The summed E-state index contributed by atoms with van der Waals surface area (Å²) in [7, 11) is -4.07. The molecule has 1 aliphatic heterocycles. The van der Waals surface area contributed by atoms with E-state index in [1.165, 1.54) is 24.3 Å². The van der Waals surface area contributed by atoms with Crippen molar-refractivity contribution >= 4 is 33.4 Å². The van der Waals surface area contributed by atoms with Gasteiger partial charge in [0, 0.05) is 18.5 Å². The summed E-state index contributed by atoms with van der Waals surface area (Å²) in [5.74, 6) is -1.98. The predicted octanol–water partition coefficient (Wildman–Crippen LogP) is 0.402. The van der Waals surface area contributed by atoms with Gasteiger partial charge in [0.2, 0.25) is 15.9 Å². The van der Waals surface area contributed by atoms with Crippen molar-refractivity contribution in [3.05, 3.63) is 65.7 Å². The number of nitrogens with two attached hydrogens (primary N) is 1. The molecule has 33 heavy (non-hydrogen) atoms. The fourth-order valence-electron chi connectivity index (χ4n) is 3.08. The zero-order chi connectivity index (χ0) is 24.0. The fraction of sp³-hybridized carbons (Fsp3) is 0.238. The zero-order valence-corrected chi connectivity index (χ0v) is 18.2. The molecule has 6 N–H and O–H groups in total. The van der Waals surface area contributed by atoms with Gasteiger partial charge in [-0.25, -0.2) is 8.42 Å². The third-order valence-corrected chi connectivity index (χ3v) is 6.32. The lowest BCUT2D eigenvalue weighted by Crippen LogP contribution is -2.48. The van der Waals surface area contributed by atoms with E-state index < -0.39 is 40.6 Å². The van der Waals surface area contributed by atoms with Gasteiger partial charge >= 0.3 is 5.97 Å². The summed E-state index contributed by atoms with van der Waals surface area (Å²) < 4.78 is 26.8. The maximum absolute atomic E-state index is 12.4. The van der Waals surface area contributed by atoms with Gasteiger partial charge in [0.15, 0.2) is 0 Å². The number of nitrogens with one attached hydrogen (secondary N) is 3. The van der Waals surface area contributed by atoms with Crippen LogP contribution in [-0.4, -0.2) is 55.6 Å². The molecule has 3 rings (SSSR count). The van der Waals surface area contributed by atoms with Crippen LogP contribution in [0.5, 0.6) is 0 Å². The third kappa shape index (κ3) is 6.37. The topological polar surface area (TPSA) is 184 Å². The Kier molecular flexibility index (Phi) is 7.41. The number of carbonyl (C=O) groups is 2. The van der Waals surface area contributed by atoms with Gasteiger partial charge in [-0.05, 0) is 17.7 Å². The molecule has 2 aromatic carbocycles. The Morgan fingerprint density at radius 1 is 1.18 bits per heavy atom. The summed E-state index contributed by atoms with van der Waals surface area (Å²) >= 11 is 0. The Hall–Kier alpha value is -3.77. The van der Waals surface area contributed by atoms with E-state index in [9.17, 15) is 23.1 Å². The number of rotatable bonds is 10. The van der Waals surface area contributed by atoms with E-state index in [0.29, 0.717) is 17.7 Å². The van der Waals surface area contributed by atoms with Crippen LogP contribution in [-0.2, 0) is 24.4 Å². The van der Waals surface area contributed by atoms with E-state index in [1.807, 2.05) is 0 Å². The monoisotopic (exact) mass is 473 g/mol. The van der Waals surface area contributed by atoms with E-state index in [2.05, 4.69) is 15.2 Å². The highest BCUT2D eigenvalue weighted by Crippen LogP contribution is 2.19. The second kappa shape index (κ2) is 10.2. The molecule has 1 amide bonds. The summed E-state index contributed by atoms with van der Waals surface area (Å²) in [6.07, 6.45) is -0.275. The SMILES string of the molecule is N=C(N)c1ccc(C2=NO[C@@H](CC(=O)NC[C@H](NS(=O)(=O)c3ccccc3)C(=O)O)C2)cc1. The van der Waals surface area contributed by atoms with Gasteiger partial charge in [0.25, 0.3) is 0 Å². The average Bonchev–Trinajstić information content (AvgIpc) is 3.25. The quantitative estimate of drug-likeness (QED) is 0.244. The van der Waals surface area contributed by atoms with Crippen molar-refractivity contribution in [1.82, 2.24) is 10.0 Å². The molecule has 1 aliphatic rings. The van der Waals surface area contributed by atoms with Crippen molar-refractivity contribution in [3.63, 3.8) is 0 Å². The number of carbonyl (C=O) groups excluding carboxylic acids is 1. The molecular weight excluding hydrogens is 450 g/mol. The molecule has 0 spiro atoms. The molecule has 11 nitrogen and oxygen atoms in total. The standard InChI is InChI=1S/C21H23N5O6S/c22-20(23)14-8-6-13(7-9-14)17-10-15(32-25-17)11-19(27)24-12-18(21(28)29)26-33(30,31)16-4-2-1-3-5-16/h1-9,15,18,26H,10-12H2,(H3,22,23)(H,24,27)(H,28,29)/t15-,18+/m1/s1. The molecular formula is C21H23N5O6S. The van der Waals surface area contributed by atoms with Crippen LogP contribution in [0.1, 0.15) is 24.0 Å². The van der Waals surface area contributed by atoms with Crippen molar-refractivity contribution < 1.29 is 28.0 Å². The number of benzene rings is 2. The van der Waals surface area contributed by atoms with Gasteiger partial charge in [-0.15, -0.1) is 0 Å². The van der Waals surface area contributed by atoms with Crippen molar-refractivity contribution in [2.75, 3.05) is 6.54 Å². The second-order valence-corrected chi connectivity index (χ2v) is 9.01. The number of oxime groups is 1. The number of amidine groups is 1. The first-order chi connectivity index (χ1) is 15.7. The number of hydrogen-bond donors (Lipinski definition) is 5. The van der Waals surface area contributed by atoms with Gasteiger partial charge in [-0.3, -0.25) is 15.0 Å². The molecule has 2 aromatic rings. The molecule has 2 atom stereocenters. The van der Waals surface area contributed by atoms with Crippen LogP contribution in [0, 0.1) is 5.41 Å². The summed E-state index contributed by atoms with van der Waals surface area (Å²) in [5.41, 5.74) is 7.40. The van der Waals surface area contributed by atoms with Crippen LogP contribution in [0.25, 0.3) is 0 Å². The smallest absolute Gasteiger partial charge is 0.323 e. The molecule has 12 heteroatoms. The second-order valence-electron chi connectivity index (χ2n) is 7.29. The van der Waals surface area contributed by atoms with Gasteiger partial charge in [-0.2, -0.15) is 4.72 Å². The summed E-state index contributed by atoms with van der Waals surface area (Å²) in [4.78, 5) is 29.0. The highest BCUT2D eigenvalue weighted by atomic mass is 32.2. The summed E-state index contributed by atoms with van der Waals surface area (Å²) in [5, 5.41) is 23.2. The Morgan fingerprint density at radius 3 is 2.45 bits per heavy atom. The first-order valence-electron chi connectivity index (χ1n) is 9.90. The van der Waals surface area contributed by atoms with Crippen molar-refractivity contribution in [2.24, 2.45) is 10.9 Å². The minimum absolute atomic E-state index is 0.0496. The molecule has 0 bridgehead atoms. The molecule has 0 radical (unpaired) electrons. The lowest BCUT2D eigenvalue weighted by molar-refractivity contribution is -0.138. The van der Waals surface area contributed by atoms with Gasteiger partial charge in [-0.1, -0.05) is 47.6 Å². The zero-order valence-electron chi connectivity index (χ0n) is 17.4. The Morgan fingerprint density at radius 2 is 1.85 bits per heavy atom. The number of amides is 1. The highest BCUT2D eigenvalue weighted by Gasteiger charge is 2.28. The van der Waals surface area contributed by atoms with Crippen LogP contribution in [0.2, 0.25) is 0 Å². The lowest BCUT2D eigenvalue weighted by atomic mass is 10.0. The van der Waals surface area contributed by atoms with Crippen LogP contribution >= 0.6 is 0 Å². The van der Waals surface area contributed by atoms with E-state index in [4.69, 9.17) is 16.0 Å². The van der Waals surface area contributed by atoms with E-state index in [0.717, 1.165) is 5.56 Å². The van der Waals surface area contributed by atoms with Crippen molar-refractivity contribution in [2.45, 2.75) is 29.9 Å². The minimum atomic E-state index is -4.07. The maximum Gasteiger partial charge on any atom is 0.323 e. The maximum atomic E-state index is 12.4. The molecule has 0 fully saturated rings. The van der Waals surface area contributed by atoms with E-state index in [-0.39, 0.29) is 17.2 Å². The predicted molar refractivity (Wildman–Crippen MR) is 119 cm³/mol. The summed E-state index contributed by atoms with van der Waals surface area (Å²) in [6.45, 7) is -0.437. The number of hydrogen-bond acceptors (Lipinski definition) is 7. The molecule has 0 saturated heterocycles. The molecule has 0 aromatic heterocycles. The minimum Gasteiger partial charge on any atom is -0.480 e. The van der Waals surface area contributed by atoms with Gasteiger partial charge < -0.3 is 21.0 Å². The number of nitrogens with zero attached hydrogens (tertiary/aromatic N) is 1. The first kappa shape index (κ1) is 23.9. The molecule has 0 saturated carbocycles. The molecule has 174 valence electrons. The van der Waals surface area contributed by atoms with Crippen molar-refractivity contribution in [1.29, 1.82) is 5.41 Å². The van der Waals surface area contributed by atoms with Gasteiger partial charge in [0.1, 0.15) is 18.0 Å². The lowest BCUT2D eigenvalue weighted by Gasteiger charge is -2.16.